The lowest BCUT2D eigenvalue weighted by Crippen LogP contribution is -2.55. The van der Waals surface area contributed by atoms with Crippen LogP contribution in [-0.4, -0.2) is 16.9 Å². The Morgan fingerprint density at radius 3 is 2.46 bits per heavy atom. The molecule has 3 nitrogen and oxygen atoms in total. The van der Waals surface area contributed by atoms with Crippen LogP contribution in [-0.2, 0) is 5.41 Å². The van der Waals surface area contributed by atoms with Gasteiger partial charge in [0.2, 0.25) is 0 Å². The summed E-state index contributed by atoms with van der Waals surface area (Å²) < 4.78 is 0. The molecule has 2 N–H and O–H groups in total. The number of benzene rings is 1. The molecule has 1 aromatic heterocycles. The van der Waals surface area contributed by atoms with Crippen LogP contribution in [0.1, 0.15) is 55.6 Å². The predicted molar refractivity (Wildman–Crippen MR) is 98.5 cm³/mol. The van der Waals surface area contributed by atoms with E-state index in [0.29, 0.717) is 11.6 Å². The fourth-order valence-electron chi connectivity index (χ4n) is 3.78. The SMILES string of the molecule is CC(C)CC(NC(=O)c1ccc[nH]1)C1(c2ccc(Cl)cc2)CCC1. The van der Waals surface area contributed by atoms with Crippen LogP contribution in [0.3, 0.4) is 0 Å². The van der Waals surface area contributed by atoms with Crippen molar-refractivity contribution in [1.82, 2.24) is 10.3 Å². The van der Waals surface area contributed by atoms with Gasteiger partial charge in [0.05, 0.1) is 0 Å². The molecule has 1 aromatic carbocycles. The Morgan fingerprint density at radius 1 is 1.25 bits per heavy atom. The molecule has 1 heterocycles. The van der Waals surface area contributed by atoms with Crippen molar-refractivity contribution in [3.05, 3.63) is 58.9 Å². The van der Waals surface area contributed by atoms with Gasteiger partial charge in [-0.3, -0.25) is 4.79 Å². The molecule has 0 bridgehead atoms. The lowest BCUT2D eigenvalue weighted by Gasteiger charge is -2.49. The zero-order chi connectivity index (χ0) is 17.2. The Balaban J connectivity index is 1.88. The van der Waals surface area contributed by atoms with Gasteiger partial charge in [0.15, 0.2) is 0 Å². The molecule has 1 aliphatic rings. The summed E-state index contributed by atoms with van der Waals surface area (Å²) in [7, 11) is 0. The number of H-pyrrole nitrogens is 1. The van der Waals surface area contributed by atoms with Crippen molar-refractivity contribution in [3.63, 3.8) is 0 Å². The maximum atomic E-state index is 12.6. The lowest BCUT2D eigenvalue weighted by atomic mass is 9.59. The summed E-state index contributed by atoms with van der Waals surface area (Å²) in [6.07, 6.45) is 6.17. The molecular formula is C20H25ClN2O. The van der Waals surface area contributed by atoms with E-state index in [4.69, 9.17) is 11.6 Å². The van der Waals surface area contributed by atoms with Gasteiger partial charge in [0, 0.05) is 22.7 Å². The molecule has 0 aliphatic heterocycles. The van der Waals surface area contributed by atoms with Gasteiger partial charge in [-0.1, -0.05) is 44.0 Å². The van der Waals surface area contributed by atoms with Gasteiger partial charge in [-0.15, -0.1) is 0 Å². The zero-order valence-electron chi connectivity index (χ0n) is 14.3. The van der Waals surface area contributed by atoms with Crippen molar-refractivity contribution < 1.29 is 4.79 Å². The van der Waals surface area contributed by atoms with E-state index in [1.54, 1.807) is 6.20 Å². The van der Waals surface area contributed by atoms with Crippen molar-refractivity contribution in [2.45, 2.75) is 51.0 Å². The highest BCUT2D eigenvalue weighted by atomic mass is 35.5. The largest absolute Gasteiger partial charge is 0.357 e. The highest BCUT2D eigenvalue weighted by Crippen LogP contribution is 2.48. The van der Waals surface area contributed by atoms with E-state index >= 15 is 0 Å². The molecule has 1 aliphatic carbocycles. The third-order valence-electron chi connectivity index (χ3n) is 5.19. The van der Waals surface area contributed by atoms with E-state index in [1.807, 2.05) is 24.3 Å². The standard InChI is InChI=1S/C20H25ClN2O/c1-14(2)13-18(23-19(24)17-5-3-12-22-17)20(10-4-11-20)15-6-8-16(21)9-7-15/h3,5-9,12,14,18,22H,4,10-11,13H2,1-2H3,(H,23,24). The molecule has 1 amide bonds. The molecule has 1 atom stereocenters. The lowest BCUT2D eigenvalue weighted by molar-refractivity contribution is 0.0842. The highest BCUT2D eigenvalue weighted by Gasteiger charge is 2.46. The van der Waals surface area contributed by atoms with Gasteiger partial charge in [-0.05, 0) is 55.0 Å². The maximum Gasteiger partial charge on any atom is 0.267 e. The number of rotatable bonds is 6. The van der Waals surface area contributed by atoms with Gasteiger partial charge in [0.25, 0.3) is 5.91 Å². The Morgan fingerprint density at radius 2 is 1.96 bits per heavy atom. The molecule has 1 fully saturated rings. The number of aromatic amines is 1. The molecule has 0 spiro atoms. The molecular weight excluding hydrogens is 320 g/mol. The van der Waals surface area contributed by atoms with E-state index in [2.05, 4.69) is 36.3 Å². The first-order valence-electron chi connectivity index (χ1n) is 8.71. The van der Waals surface area contributed by atoms with E-state index in [-0.39, 0.29) is 17.4 Å². The number of amides is 1. The first kappa shape index (κ1) is 17.1. The number of halogens is 1. The zero-order valence-corrected chi connectivity index (χ0v) is 15.1. The Bertz CT molecular complexity index is 672. The van der Waals surface area contributed by atoms with Crippen molar-refractivity contribution in [2.24, 2.45) is 5.92 Å². The van der Waals surface area contributed by atoms with Gasteiger partial charge in [-0.2, -0.15) is 0 Å². The maximum absolute atomic E-state index is 12.6. The van der Waals surface area contributed by atoms with Gasteiger partial charge < -0.3 is 10.3 Å². The second kappa shape index (κ2) is 7.02. The Labute approximate surface area is 148 Å². The van der Waals surface area contributed by atoms with Gasteiger partial charge in [0.1, 0.15) is 5.69 Å². The Hall–Kier alpha value is -1.74. The summed E-state index contributed by atoms with van der Waals surface area (Å²) in [6, 6.07) is 11.9. The first-order chi connectivity index (χ1) is 11.5. The fourth-order valence-corrected chi connectivity index (χ4v) is 3.91. The summed E-state index contributed by atoms with van der Waals surface area (Å²) in [5.41, 5.74) is 1.93. The third-order valence-corrected chi connectivity index (χ3v) is 5.44. The molecule has 0 saturated heterocycles. The van der Waals surface area contributed by atoms with Crippen molar-refractivity contribution >= 4 is 17.5 Å². The highest BCUT2D eigenvalue weighted by molar-refractivity contribution is 6.30. The van der Waals surface area contributed by atoms with Crippen molar-refractivity contribution in [1.29, 1.82) is 0 Å². The monoisotopic (exact) mass is 344 g/mol. The van der Waals surface area contributed by atoms with Crippen LogP contribution in [0.25, 0.3) is 0 Å². The summed E-state index contributed by atoms with van der Waals surface area (Å²) in [6.45, 7) is 4.42. The number of carbonyl (C=O) groups excluding carboxylic acids is 1. The molecule has 24 heavy (non-hydrogen) atoms. The van der Waals surface area contributed by atoms with Crippen LogP contribution in [0.5, 0.6) is 0 Å². The van der Waals surface area contributed by atoms with Crippen LogP contribution in [0.2, 0.25) is 5.02 Å². The van der Waals surface area contributed by atoms with E-state index < -0.39 is 0 Å². The summed E-state index contributed by atoms with van der Waals surface area (Å²) in [5.74, 6) is 0.495. The van der Waals surface area contributed by atoms with Crippen molar-refractivity contribution in [2.75, 3.05) is 0 Å². The minimum atomic E-state index is -0.0223. The molecule has 1 unspecified atom stereocenters. The summed E-state index contributed by atoms with van der Waals surface area (Å²) in [4.78, 5) is 15.6. The van der Waals surface area contributed by atoms with E-state index in [1.165, 1.54) is 12.0 Å². The number of hydrogen-bond acceptors (Lipinski definition) is 1. The van der Waals surface area contributed by atoms with Crippen LogP contribution >= 0.6 is 11.6 Å². The normalized spacial score (nSPS) is 17.3. The number of hydrogen-bond donors (Lipinski definition) is 2. The molecule has 4 heteroatoms. The van der Waals surface area contributed by atoms with Crippen LogP contribution in [0, 0.1) is 5.92 Å². The second-order valence-electron chi connectivity index (χ2n) is 7.26. The molecule has 2 aromatic rings. The number of carbonyl (C=O) groups is 1. The molecule has 0 radical (unpaired) electrons. The minimum Gasteiger partial charge on any atom is -0.357 e. The minimum absolute atomic E-state index is 0.0223. The quantitative estimate of drug-likeness (QED) is 0.766. The number of aromatic nitrogens is 1. The Kier molecular flexibility index (Phi) is 5.00. The third kappa shape index (κ3) is 3.36. The topological polar surface area (TPSA) is 44.9 Å². The smallest absolute Gasteiger partial charge is 0.267 e. The van der Waals surface area contributed by atoms with E-state index in [9.17, 15) is 4.79 Å². The van der Waals surface area contributed by atoms with Crippen LogP contribution in [0.15, 0.2) is 42.6 Å². The van der Waals surface area contributed by atoms with E-state index in [0.717, 1.165) is 24.3 Å². The molecule has 3 rings (SSSR count). The molecule has 1 saturated carbocycles. The number of nitrogens with one attached hydrogen (secondary N) is 2. The van der Waals surface area contributed by atoms with Crippen molar-refractivity contribution in [3.8, 4) is 0 Å². The average Bonchev–Trinajstić information content (AvgIpc) is 3.01. The average molecular weight is 345 g/mol. The fraction of sp³-hybridized carbons (Fsp3) is 0.450. The van der Waals surface area contributed by atoms with Crippen LogP contribution < -0.4 is 5.32 Å². The van der Waals surface area contributed by atoms with Crippen LogP contribution in [0.4, 0.5) is 0 Å². The molecule has 128 valence electrons. The second-order valence-corrected chi connectivity index (χ2v) is 7.69. The summed E-state index contributed by atoms with van der Waals surface area (Å²) >= 11 is 6.06. The summed E-state index contributed by atoms with van der Waals surface area (Å²) in [5, 5.41) is 4.06. The first-order valence-corrected chi connectivity index (χ1v) is 9.09. The van der Waals surface area contributed by atoms with Gasteiger partial charge in [-0.25, -0.2) is 0 Å². The van der Waals surface area contributed by atoms with Gasteiger partial charge >= 0.3 is 0 Å². The predicted octanol–water partition coefficient (Wildman–Crippen LogP) is 4.93.